The topological polar surface area (TPSA) is 81.8 Å². The quantitative estimate of drug-likeness (QED) is 0.711. The maximum Gasteiger partial charge on any atom is 0.183 e. The summed E-state index contributed by atoms with van der Waals surface area (Å²) in [6.45, 7) is -0.197. The van der Waals surface area contributed by atoms with Crippen molar-refractivity contribution in [2.75, 3.05) is 20.8 Å². The number of Topliss-reactive ketones (excluding diaryl/α,β-unsaturated/α-hetero) is 1. The molecule has 3 N–H and O–H groups in total. The fraction of sp³-hybridized carbons (Fsp3) is 0.300. The SMILES string of the molecule is COc1ccc(OC)c(C(=O)CN)c1O. The van der Waals surface area contributed by atoms with E-state index in [0.29, 0.717) is 0 Å². The Morgan fingerprint density at radius 1 is 1.33 bits per heavy atom. The van der Waals surface area contributed by atoms with Crippen LogP contribution in [0.2, 0.25) is 0 Å². The Morgan fingerprint density at radius 3 is 2.33 bits per heavy atom. The molecule has 0 heterocycles. The molecule has 0 aliphatic rings. The molecule has 1 aromatic rings. The van der Waals surface area contributed by atoms with E-state index in [1.165, 1.54) is 20.3 Å². The van der Waals surface area contributed by atoms with Crippen LogP contribution in [0.15, 0.2) is 12.1 Å². The van der Waals surface area contributed by atoms with Crippen molar-refractivity contribution in [3.63, 3.8) is 0 Å². The first-order valence-electron chi connectivity index (χ1n) is 4.32. The second-order valence-corrected chi connectivity index (χ2v) is 2.82. The second-order valence-electron chi connectivity index (χ2n) is 2.82. The minimum atomic E-state index is -0.400. The van der Waals surface area contributed by atoms with E-state index in [-0.39, 0.29) is 29.4 Å². The van der Waals surface area contributed by atoms with E-state index in [4.69, 9.17) is 15.2 Å². The van der Waals surface area contributed by atoms with E-state index in [1.54, 1.807) is 6.07 Å². The number of benzene rings is 1. The van der Waals surface area contributed by atoms with Crippen LogP contribution in [-0.2, 0) is 0 Å². The number of rotatable bonds is 4. The van der Waals surface area contributed by atoms with E-state index in [9.17, 15) is 9.90 Å². The smallest absolute Gasteiger partial charge is 0.183 e. The lowest BCUT2D eigenvalue weighted by atomic mass is 10.1. The number of ether oxygens (including phenoxy) is 2. The number of methoxy groups -OCH3 is 2. The lowest BCUT2D eigenvalue weighted by Crippen LogP contribution is -2.15. The number of nitrogens with two attached hydrogens (primary N) is 1. The number of phenols is 1. The highest BCUT2D eigenvalue weighted by Crippen LogP contribution is 2.36. The Kier molecular flexibility index (Phi) is 3.51. The van der Waals surface area contributed by atoms with Gasteiger partial charge in [0.25, 0.3) is 0 Å². The minimum Gasteiger partial charge on any atom is -0.504 e. The number of hydrogen-bond acceptors (Lipinski definition) is 5. The van der Waals surface area contributed by atoms with Crippen LogP contribution in [0.5, 0.6) is 17.2 Å². The van der Waals surface area contributed by atoms with E-state index >= 15 is 0 Å². The van der Waals surface area contributed by atoms with Crippen LogP contribution in [0.4, 0.5) is 0 Å². The zero-order chi connectivity index (χ0) is 11.4. The predicted octanol–water partition coefficient (Wildman–Crippen LogP) is 0.551. The van der Waals surface area contributed by atoms with Gasteiger partial charge in [0.1, 0.15) is 11.3 Å². The van der Waals surface area contributed by atoms with Gasteiger partial charge in [0.05, 0.1) is 20.8 Å². The van der Waals surface area contributed by atoms with Gasteiger partial charge in [0.2, 0.25) is 0 Å². The third-order valence-corrected chi connectivity index (χ3v) is 2.01. The number of aromatic hydroxyl groups is 1. The van der Waals surface area contributed by atoms with Crippen molar-refractivity contribution in [1.82, 2.24) is 0 Å². The molecule has 0 spiro atoms. The van der Waals surface area contributed by atoms with Crippen LogP contribution in [-0.4, -0.2) is 31.7 Å². The summed E-state index contributed by atoms with van der Waals surface area (Å²) in [6, 6.07) is 3.06. The van der Waals surface area contributed by atoms with Gasteiger partial charge in [-0.1, -0.05) is 0 Å². The molecule has 0 saturated heterocycles. The van der Waals surface area contributed by atoms with Crippen LogP contribution in [0.1, 0.15) is 10.4 Å². The molecule has 0 aromatic heterocycles. The Hall–Kier alpha value is -1.75. The molecule has 0 radical (unpaired) electrons. The van der Waals surface area contributed by atoms with Crippen molar-refractivity contribution in [2.45, 2.75) is 0 Å². The molecule has 0 unspecified atom stereocenters. The third kappa shape index (κ3) is 2.02. The molecule has 82 valence electrons. The zero-order valence-corrected chi connectivity index (χ0v) is 8.61. The van der Waals surface area contributed by atoms with Gasteiger partial charge in [-0.15, -0.1) is 0 Å². The lowest BCUT2D eigenvalue weighted by molar-refractivity contribution is 0.0995. The summed E-state index contributed by atoms with van der Waals surface area (Å²) >= 11 is 0. The lowest BCUT2D eigenvalue weighted by Gasteiger charge is -2.11. The number of carbonyl (C=O) groups is 1. The predicted molar refractivity (Wildman–Crippen MR) is 54.6 cm³/mol. The first kappa shape index (κ1) is 11.3. The van der Waals surface area contributed by atoms with Crippen molar-refractivity contribution in [3.8, 4) is 17.2 Å². The summed E-state index contributed by atoms with van der Waals surface area (Å²) in [6.07, 6.45) is 0. The first-order valence-corrected chi connectivity index (χ1v) is 4.32. The largest absolute Gasteiger partial charge is 0.504 e. The minimum absolute atomic E-state index is 0.0550. The summed E-state index contributed by atoms with van der Waals surface area (Å²) in [5.41, 5.74) is 5.29. The monoisotopic (exact) mass is 211 g/mol. The van der Waals surface area contributed by atoms with Crippen molar-refractivity contribution >= 4 is 5.78 Å². The highest BCUT2D eigenvalue weighted by Gasteiger charge is 2.19. The molecule has 0 bridgehead atoms. The molecule has 1 aromatic carbocycles. The van der Waals surface area contributed by atoms with Gasteiger partial charge >= 0.3 is 0 Å². The molecule has 0 aliphatic heterocycles. The van der Waals surface area contributed by atoms with E-state index in [2.05, 4.69) is 0 Å². The summed E-state index contributed by atoms with van der Waals surface area (Å²) in [4.78, 5) is 11.5. The molecule has 1 rings (SSSR count). The van der Waals surface area contributed by atoms with Gasteiger partial charge in [-0.2, -0.15) is 0 Å². The van der Waals surface area contributed by atoms with Crippen LogP contribution in [0, 0.1) is 0 Å². The van der Waals surface area contributed by atoms with E-state index in [1.807, 2.05) is 0 Å². The number of hydrogen-bond donors (Lipinski definition) is 2. The van der Waals surface area contributed by atoms with Gasteiger partial charge in [0.15, 0.2) is 17.3 Å². The molecular weight excluding hydrogens is 198 g/mol. The van der Waals surface area contributed by atoms with Crippen molar-refractivity contribution < 1.29 is 19.4 Å². The molecule has 0 saturated carbocycles. The molecule has 5 nitrogen and oxygen atoms in total. The first-order chi connectivity index (χ1) is 7.15. The summed E-state index contributed by atoms with van der Waals surface area (Å²) in [5.74, 6) is -0.146. The maximum atomic E-state index is 11.5. The Bertz CT molecular complexity index is 376. The van der Waals surface area contributed by atoms with Crippen LogP contribution in [0.25, 0.3) is 0 Å². The standard InChI is InChI=1S/C10H13NO4/c1-14-7-3-4-8(15-2)10(13)9(7)6(12)5-11/h3-4,13H,5,11H2,1-2H3. The fourth-order valence-electron chi connectivity index (χ4n) is 1.26. The number of phenolic OH excluding ortho intramolecular Hbond substituents is 1. The normalized spacial score (nSPS) is 9.80. The Morgan fingerprint density at radius 2 is 1.87 bits per heavy atom. The van der Waals surface area contributed by atoms with Crippen LogP contribution >= 0.6 is 0 Å². The second kappa shape index (κ2) is 4.65. The van der Waals surface area contributed by atoms with Gasteiger partial charge < -0.3 is 20.3 Å². The molecule has 15 heavy (non-hydrogen) atoms. The molecule has 0 fully saturated rings. The molecule has 0 amide bonds. The molecule has 0 aliphatic carbocycles. The fourth-order valence-corrected chi connectivity index (χ4v) is 1.26. The molecule has 0 atom stereocenters. The number of ketones is 1. The van der Waals surface area contributed by atoms with E-state index < -0.39 is 5.78 Å². The summed E-state index contributed by atoms with van der Waals surface area (Å²) in [7, 11) is 2.81. The number of carbonyl (C=O) groups excluding carboxylic acids is 1. The summed E-state index contributed by atoms with van der Waals surface area (Å²) in [5, 5.41) is 9.72. The van der Waals surface area contributed by atoms with Gasteiger partial charge in [0, 0.05) is 0 Å². The maximum absolute atomic E-state index is 11.5. The Labute approximate surface area is 87.4 Å². The highest BCUT2D eigenvalue weighted by molar-refractivity contribution is 6.03. The molecule has 5 heteroatoms. The zero-order valence-electron chi connectivity index (χ0n) is 8.61. The van der Waals surface area contributed by atoms with Gasteiger partial charge in [-0.05, 0) is 12.1 Å². The van der Waals surface area contributed by atoms with Gasteiger partial charge in [-0.25, -0.2) is 0 Å². The average Bonchev–Trinajstić information content (AvgIpc) is 2.27. The van der Waals surface area contributed by atoms with Crippen LogP contribution in [0.3, 0.4) is 0 Å². The highest BCUT2D eigenvalue weighted by atomic mass is 16.5. The average molecular weight is 211 g/mol. The third-order valence-electron chi connectivity index (χ3n) is 2.01. The van der Waals surface area contributed by atoms with Crippen LogP contribution < -0.4 is 15.2 Å². The Balaban J connectivity index is 3.35. The van der Waals surface area contributed by atoms with Crippen molar-refractivity contribution in [1.29, 1.82) is 0 Å². The molecular formula is C10H13NO4. The van der Waals surface area contributed by atoms with Gasteiger partial charge in [-0.3, -0.25) is 4.79 Å². The van der Waals surface area contributed by atoms with Crippen molar-refractivity contribution in [3.05, 3.63) is 17.7 Å². The van der Waals surface area contributed by atoms with Crippen molar-refractivity contribution in [2.24, 2.45) is 5.73 Å². The van der Waals surface area contributed by atoms with E-state index in [0.717, 1.165) is 0 Å². The summed E-state index contributed by atoms with van der Waals surface area (Å²) < 4.78 is 9.84.